The van der Waals surface area contributed by atoms with E-state index in [-0.39, 0.29) is 0 Å². The number of ether oxygens (including phenoxy) is 1. The van der Waals surface area contributed by atoms with Crippen LogP contribution in [0.1, 0.15) is 32.2 Å². The number of para-hydroxylation sites is 1. The van der Waals surface area contributed by atoms with Crippen LogP contribution >= 0.6 is 0 Å². The number of aromatic nitrogens is 2. The normalized spacial score (nSPS) is 10.7. The third-order valence-electron chi connectivity index (χ3n) is 3.13. The Kier molecular flexibility index (Phi) is 4.10. The molecule has 0 bridgehead atoms. The van der Waals surface area contributed by atoms with Gasteiger partial charge < -0.3 is 10.5 Å². The second-order valence-corrected chi connectivity index (χ2v) is 4.37. The van der Waals surface area contributed by atoms with Gasteiger partial charge in [0.25, 0.3) is 0 Å². The molecule has 1 heterocycles. The lowest BCUT2D eigenvalue weighted by Gasteiger charge is -2.13. The van der Waals surface area contributed by atoms with Gasteiger partial charge in [0, 0.05) is 5.69 Å². The van der Waals surface area contributed by atoms with Crippen LogP contribution in [0.4, 0.5) is 5.69 Å². The summed E-state index contributed by atoms with van der Waals surface area (Å²) in [6, 6.07) is 7.94. The fraction of sp³-hybridized carbons (Fsp3) is 0.400. The van der Waals surface area contributed by atoms with Gasteiger partial charge in [0.2, 0.25) is 0 Å². The maximum Gasteiger partial charge on any atom is 0.144 e. The van der Waals surface area contributed by atoms with Crippen molar-refractivity contribution in [2.24, 2.45) is 0 Å². The summed E-state index contributed by atoms with van der Waals surface area (Å²) in [5, 5.41) is 4.61. The van der Waals surface area contributed by atoms with Crippen LogP contribution in [0.3, 0.4) is 0 Å². The first-order valence-electron chi connectivity index (χ1n) is 6.80. The molecule has 0 fully saturated rings. The number of benzene rings is 1. The van der Waals surface area contributed by atoms with Crippen LogP contribution in [0.15, 0.2) is 24.3 Å². The first kappa shape index (κ1) is 13.5. The fourth-order valence-corrected chi connectivity index (χ4v) is 2.11. The molecule has 1 aromatic heterocycles. The molecule has 0 aliphatic heterocycles. The molecule has 2 aromatic rings. The second kappa shape index (κ2) is 5.78. The molecule has 0 saturated heterocycles. The lowest BCUT2D eigenvalue weighted by Crippen LogP contribution is -2.07. The summed E-state index contributed by atoms with van der Waals surface area (Å²) in [7, 11) is 0. The zero-order chi connectivity index (χ0) is 13.8. The van der Waals surface area contributed by atoms with Gasteiger partial charge in [-0.05, 0) is 38.0 Å². The number of nitrogens with two attached hydrogens (primary N) is 1. The highest BCUT2D eigenvalue weighted by Crippen LogP contribution is 2.29. The number of anilines is 1. The van der Waals surface area contributed by atoms with Crippen molar-refractivity contribution in [1.29, 1.82) is 0 Å². The molecule has 2 rings (SSSR count). The number of nitrogen functional groups attached to an aromatic ring is 1. The van der Waals surface area contributed by atoms with Gasteiger partial charge in [0.05, 0.1) is 18.0 Å². The van der Waals surface area contributed by atoms with Crippen molar-refractivity contribution in [3.05, 3.63) is 35.7 Å². The van der Waals surface area contributed by atoms with Crippen molar-refractivity contribution in [3.63, 3.8) is 0 Å². The number of hydrogen-bond donors (Lipinski definition) is 1. The molecule has 0 saturated carbocycles. The summed E-state index contributed by atoms with van der Waals surface area (Å²) in [4.78, 5) is 0. The largest absolute Gasteiger partial charge is 0.492 e. The van der Waals surface area contributed by atoms with E-state index in [1.165, 1.54) is 0 Å². The van der Waals surface area contributed by atoms with Crippen molar-refractivity contribution >= 4 is 5.69 Å². The molecule has 1 aromatic carbocycles. The predicted molar refractivity (Wildman–Crippen MR) is 77.9 cm³/mol. The number of aryl methyl sites for hydroxylation is 2. The molecule has 0 radical (unpaired) electrons. The minimum Gasteiger partial charge on any atom is -0.492 e. The van der Waals surface area contributed by atoms with Crippen LogP contribution in [-0.4, -0.2) is 16.4 Å². The van der Waals surface area contributed by atoms with Crippen LogP contribution in [0, 0.1) is 0 Å². The fourth-order valence-electron chi connectivity index (χ4n) is 2.11. The molecular weight excluding hydrogens is 238 g/mol. The summed E-state index contributed by atoms with van der Waals surface area (Å²) in [5.41, 5.74) is 9.97. The maximum atomic E-state index is 6.19. The number of nitrogens with zero attached hydrogens (tertiary/aromatic N) is 2. The Morgan fingerprint density at radius 1 is 1.21 bits per heavy atom. The topological polar surface area (TPSA) is 53.1 Å². The van der Waals surface area contributed by atoms with Crippen LogP contribution in [0.5, 0.6) is 5.75 Å². The Bertz CT molecular complexity index is 561. The van der Waals surface area contributed by atoms with E-state index in [4.69, 9.17) is 10.5 Å². The van der Waals surface area contributed by atoms with E-state index in [0.717, 1.165) is 35.7 Å². The molecular formula is C15H21N3O. The zero-order valence-electron chi connectivity index (χ0n) is 11.8. The first-order valence-corrected chi connectivity index (χ1v) is 6.80. The summed E-state index contributed by atoms with van der Waals surface area (Å²) >= 11 is 0. The SMILES string of the molecule is CCOc1cccc(-n2nc(CC)cc2CC)c1N. The quantitative estimate of drug-likeness (QED) is 0.840. The van der Waals surface area contributed by atoms with E-state index in [1.54, 1.807) is 0 Å². The Morgan fingerprint density at radius 2 is 2.00 bits per heavy atom. The van der Waals surface area contributed by atoms with Crippen LogP contribution in [0.2, 0.25) is 0 Å². The van der Waals surface area contributed by atoms with Crippen LogP contribution < -0.4 is 10.5 Å². The Morgan fingerprint density at radius 3 is 2.63 bits per heavy atom. The van der Waals surface area contributed by atoms with Gasteiger partial charge in [-0.2, -0.15) is 5.10 Å². The van der Waals surface area contributed by atoms with Crippen molar-refractivity contribution in [2.45, 2.75) is 33.6 Å². The van der Waals surface area contributed by atoms with Crippen LogP contribution in [0.25, 0.3) is 5.69 Å². The van der Waals surface area contributed by atoms with E-state index in [0.29, 0.717) is 12.3 Å². The highest BCUT2D eigenvalue weighted by molar-refractivity contribution is 5.66. The van der Waals surface area contributed by atoms with E-state index in [1.807, 2.05) is 29.8 Å². The summed E-state index contributed by atoms with van der Waals surface area (Å²) in [6.07, 6.45) is 1.84. The Balaban J connectivity index is 2.52. The van der Waals surface area contributed by atoms with Crippen molar-refractivity contribution < 1.29 is 4.74 Å². The molecule has 4 nitrogen and oxygen atoms in total. The van der Waals surface area contributed by atoms with Gasteiger partial charge >= 0.3 is 0 Å². The molecule has 2 N–H and O–H groups in total. The van der Waals surface area contributed by atoms with E-state index >= 15 is 0 Å². The highest BCUT2D eigenvalue weighted by Gasteiger charge is 2.12. The van der Waals surface area contributed by atoms with E-state index in [9.17, 15) is 0 Å². The average Bonchev–Trinajstić information content (AvgIpc) is 2.84. The van der Waals surface area contributed by atoms with Gasteiger partial charge in [0.15, 0.2) is 0 Å². The molecule has 0 amide bonds. The van der Waals surface area contributed by atoms with E-state index in [2.05, 4.69) is 25.0 Å². The third-order valence-corrected chi connectivity index (χ3v) is 3.13. The molecule has 0 atom stereocenters. The molecule has 0 spiro atoms. The molecule has 102 valence electrons. The molecule has 0 aliphatic rings. The predicted octanol–water partition coefficient (Wildman–Crippen LogP) is 2.98. The molecule has 19 heavy (non-hydrogen) atoms. The minimum atomic E-state index is 0.605. The number of rotatable bonds is 5. The monoisotopic (exact) mass is 259 g/mol. The lowest BCUT2D eigenvalue weighted by atomic mass is 10.2. The zero-order valence-corrected chi connectivity index (χ0v) is 11.8. The van der Waals surface area contributed by atoms with Gasteiger partial charge in [0.1, 0.15) is 11.4 Å². The summed E-state index contributed by atoms with van der Waals surface area (Å²) in [5.74, 6) is 0.718. The average molecular weight is 259 g/mol. The van der Waals surface area contributed by atoms with Gasteiger partial charge in [-0.25, -0.2) is 4.68 Å². The smallest absolute Gasteiger partial charge is 0.144 e. The Hall–Kier alpha value is -1.97. The van der Waals surface area contributed by atoms with Gasteiger partial charge in [-0.15, -0.1) is 0 Å². The molecule has 4 heteroatoms. The second-order valence-electron chi connectivity index (χ2n) is 4.37. The summed E-state index contributed by atoms with van der Waals surface area (Å²) in [6.45, 7) is 6.78. The highest BCUT2D eigenvalue weighted by atomic mass is 16.5. The summed E-state index contributed by atoms with van der Waals surface area (Å²) < 4.78 is 7.47. The van der Waals surface area contributed by atoms with Crippen molar-refractivity contribution in [2.75, 3.05) is 12.3 Å². The van der Waals surface area contributed by atoms with Gasteiger partial charge in [-0.1, -0.05) is 19.9 Å². The Labute approximate surface area is 114 Å². The number of hydrogen-bond acceptors (Lipinski definition) is 3. The van der Waals surface area contributed by atoms with Crippen molar-refractivity contribution in [1.82, 2.24) is 9.78 Å². The van der Waals surface area contributed by atoms with Gasteiger partial charge in [-0.3, -0.25) is 0 Å². The maximum absolute atomic E-state index is 6.19. The standard InChI is InChI=1S/C15H21N3O/c1-4-11-10-12(5-2)18(17-11)13-8-7-9-14(15(13)16)19-6-3/h7-10H,4-6,16H2,1-3H3. The minimum absolute atomic E-state index is 0.605. The van der Waals surface area contributed by atoms with E-state index < -0.39 is 0 Å². The first-order chi connectivity index (χ1) is 9.21. The third kappa shape index (κ3) is 2.57. The lowest BCUT2D eigenvalue weighted by molar-refractivity contribution is 0.342. The molecule has 0 unspecified atom stereocenters. The van der Waals surface area contributed by atoms with Crippen LogP contribution in [-0.2, 0) is 12.8 Å². The molecule has 0 aliphatic carbocycles. The van der Waals surface area contributed by atoms with Crippen molar-refractivity contribution in [3.8, 4) is 11.4 Å².